The van der Waals surface area contributed by atoms with E-state index >= 15 is 0 Å². The normalized spacial score (nSPS) is 12.5. The van der Waals surface area contributed by atoms with Gasteiger partial charge in [0.05, 0.1) is 18.5 Å². The summed E-state index contributed by atoms with van der Waals surface area (Å²) in [7, 11) is 0. The first-order valence-electron chi connectivity index (χ1n) is 5.88. The number of rotatable bonds is 4. The number of nitrogens with two attached hydrogens (primary N) is 1. The van der Waals surface area contributed by atoms with Gasteiger partial charge in [0.1, 0.15) is 5.76 Å². The Hall–Kier alpha value is -2.54. The molecule has 98 valence electrons. The van der Waals surface area contributed by atoms with Crippen molar-refractivity contribution < 1.29 is 4.42 Å². The Morgan fingerprint density at radius 3 is 3.11 bits per heavy atom. The summed E-state index contributed by atoms with van der Waals surface area (Å²) < 4.78 is 7.21. The minimum atomic E-state index is -0.0176. The molecule has 0 fully saturated rings. The van der Waals surface area contributed by atoms with Crippen LogP contribution in [0.15, 0.2) is 41.4 Å². The lowest BCUT2D eigenvalue weighted by atomic mass is 10.2. The fourth-order valence-corrected chi connectivity index (χ4v) is 1.91. The predicted octanol–water partition coefficient (Wildman–Crippen LogP) is 1.78. The standard InChI is InChI=1S/C12H14N6O/c1-8(9-3-2-6-19-9)15-11-12-14-4-5-18(12)7-10(16-11)17-13/h2-8,17H,13H2,1H3,(H,15,16). The summed E-state index contributed by atoms with van der Waals surface area (Å²) in [6.07, 6.45) is 6.95. The number of furan rings is 1. The van der Waals surface area contributed by atoms with Crippen LogP contribution >= 0.6 is 0 Å². The van der Waals surface area contributed by atoms with Gasteiger partial charge in [-0.25, -0.2) is 15.8 Å². The van der Waals surface area contributed by atoms with Crippen molar-refractivity contribution in [1.29, 1.82) is 0 Å². The van der Waals surface area contributed by atoms with Crippen LogP contribution in [0.4, 0.5) is 11.6 Å². The number of nitrogens with zero attached hydrogens (tertiary/aromatic N) is 3. The van der Waals surface area contributed by atoms with E-state index < -0.39 is 0 Å². The zero-order valence-corrected chi connectivity index (χ0v) is 10.4. The van der Waals surface area contributed by atoms with E-state index in [1.807, 2.05) is 29.7 Å². The predicted molar refractivity (Wildman–Crippen MR) is 71.5 cm³/mol. The highest BCUT2D eigenvalue weighted by molar-refractivity contribution is 5.65. The third kappa shape index (κ3) is 2.11. The Morgan fingerprint density at radius 1 is 1.47 bits per heavy atom. The van der Waals surface area contributed by atoms with Crippen LogP contribution in [0, 0.1) is 0 Å². The molecule has 0 bridgehead atoms. The third-order valence-electron chi connectivity index (χ3n) is 2.85. The molecule has 0 aromatic carbocycles. The quantitative estimate of drug-likeness (QED) is 0.488. The number of hydrogen-bond donors (Lipinski definition) is 3. The van der Waals surface area contributed by atoms with E-state index in [-0.39, 0.29) is 6.04 Å². The molecular weight excluding hydrogens is 244 g/mol. The van der Waals surface area contributed by atoms with Gasteiger partial charge in [-0.15, -0.1) is 0 Å². The Labute approximate surface area is 109 Å². The lowest BCUT2D eigenvalue weighted by molar-refractivity contribution is 0.490. The lowest BCUT2D eigenvalue weighted by Crippen LogP contribution is -2.13. The van der Waals surface area contributed by atoms with E-state index in [1.54, 1.807) is 18.7 Å². The number of nitrogens with one attached hydrogen (secondary N) is 2. The fraction of sp³-hybridized carbons (Fsp3) is 0.167. The third-order valence-corrected chi connectivity index (χ3v) is 2.85. The number of nitrogen functional groups attached to an aromatic ring is 1. The van der Waals surface area contributed by atoms with Gasteiger partial charge in [0.15, 0.2) is 17.3 Å². The first-order chi connectivity index (χ1) is 9.28. The van der Waals surface area contributed by atoms with E-state index in [1.165, 1.54) is 0 Å². The number of hydrogen-bond acceptors (Lipinski definition) is 6. The van der Waals surface area contributed by atoms with Crippen molar-refractivity contribution in [3.63, 3.8) is 0 Å². The van der Waals surface area contributed by atoms with Gasteiger partial charge >= 0.3 is 0 Å². The van der Waals surface area contributed by atoms with Crippen molar-refractivity contribution in [2.45, 2.75) is 13.0 Å². The molecule has 3 heterocycles. The van der Waals surface area contributed by atoms with Crippen LogP contribution in [-0.4, -0.2) is 14.4 Å². The maximum absolute atomic E-state index is 5.41. The van der Waals surface area contributed by atoms with Crippen LogP contribution in [0.3, 0.4) is 0 Å². The molecule has 0 saturated carbocycles. The molecular formula is C12H14N6O. The van der Waals surface area contributed by atoms with Gasteiger partial charge < -0.3 is 19.6 Å². The Kier molecular flexibility index (Phi) is 2.81. The van der Waals surface area contributed by atoms with E-state index in [0.29, 0.717) is 11.6 Å². The van der Waals surface area contributed by atoms with Crippen molar-refractivity contribution in [2.24, 2.45) is 5.84 Å². The highest BCUT2D eigenvalue weighted by Gasteiger charge is 2.13. The molecule has 3 aromatic heterocycles. The van der Waals surface area contributed by atoms with Crippen molar-refractivity contribution in [3.05, 3.63) is 42.7 Å². The molecule has 1 atom stereocenters. The van der Waals surface area contributed by atoms with Crippen LogP contribution in [-0.2, 0) is 0 Å². The zero-order chi connectivity index (χ0) is 13.2. The van der Waals surface area contributed by atoms with E-state index in [9.17, 15) is 0 Å². The second kappa shape index (κ2) is 4.62. The molecule has 0 amide bonds. The van der Waals surface area contributed by atoms with E-state index in [0.717, 1.165) is 11.4 Å². The molecule has 7 nitrogen and oxygen atoms in total. The zero-order valence-electron chi connectivity index (χ0n) is 10.4. The van der Waals surface area contributed by atoms with Crippen LogP contribution in [0.2, 0.25) is 0 Å². The smallest absolute Gasteiger partial charge is 0.180 e. The van der Waals surface area contributed by atoms with Crippen molar-refractivity contribution >= 4 is 17.3 Å². The molecule has 7 heteroatoms. The summed E-state index contributed by atoms with van der Waals surface area (Å²) in [5, 5.41) is 3.26. The Balaban J connectivity index is 1.97. The summed E-state index contributed by atoms with van der Waals surface area (Å²) in [5.74, 6) is 7.44. The molecule has 4 N–H and O–H groups in total. The van der Waals surface area contributed by atoms with Gasteiger partial charge in [0, 0.05) is 12.4 Å². The average Bonchev–Trinajstić information content (AvgIpc) is 3.09. The monoisotopic (exact) mass is 258 g/mol. The van der Waals surface area contributed by atoms with Gasteiger partial charge in [-0.05, 0) is 19.1 Å². The largest absolute Gasteiger partial charge is 0.467 e. The van der Waals surface area contributed by atoms with Crippen LogP contribution in [0.5, 0.6) is 0 Å². The molecule has 0 aliphatic carbocycles. The number of fused-ring (bicyclic) bond motifs is 1. The van der Waals surface area contributed by atoms with Crippen molar-refractivity contribution in [3.8, 4) is 0 Å². The number of anilines is 2. The van der Waals surface area contributed by atoms with Crippen LogP contribution in [0.1, 0.15) is 18.7 Å². The van der Waals surface area contributed by atoms with Crippen molar-refractivity contribution in [2.75, 3.05) is 10.7 Å². The highest BCUT2D eigenvalue weighted by Crippen LogP contribution is 2.22. The summed E-state index contributed by atoms with van der Waals surface area (Å²) >= 11 is 0. The second-order valence-corrected chi connectivity index (χ2v) is 4.16. The van der Waals surface area contributed by atoms with E-state index in [4.69, 9.17) is 10.3 Å². The molecule has 0 spiro atoms. The average molecular weight is 258 g/mol. The van der Waals surface area contributed by atoms with Crippen molar-refractivity contribution in [1.82, 2.24) is 14.4 Å². The maximum Gasteiger partial charge on any atom is 0.180 e. The molecule has 0 aliphatic rings. The second-order valence-electron chi connectivity index (χ2n) is 4.16. The van der Waals surface area contributed by atoms with Gasteiger partial charge in [-0.3, -0.25) is 0 Å². The Morgan fingerprint density at radius 2 is 2.37 bits per heavy atom. The van der Waals surface area contributed by atoms with Gasteiger partial charge in [-0.1, -0.05) is 0 Å². The molecule has 19 heavy (non-hydrogen) atoms. The van der Waals surface area contributed by atoms with Crippen LogP contribution in [0.25, 0.3) is 5.65 Å². The molecule has 3 rings (SSSR count). The van der Waals surface area contributed by atoms with Gasteiger partial charge in [-0.2, -0.15) is 0 Å². The molecule has 0 saturated heterocycles. The molecule has 0 aliphatic heterocycles. The summed E-state index contributed by atoms with van der Waals surface area (Å²) in [6.45, 7) is 1.99. The summed E-state index contributed by atoms with van der Waals surface area (Å²) in [6, 6.07) is 3.74. The minimum Gasteiger partial charge on any atom is -0.467 e. The summed E-state index contributed by atoms with van der Waals surface area (Å²) in [5.41, 5.74) is 3.27. The fourth-order valence-electron chi connectivity index (χ4n) is 1.91. The summed E-state index contributed by atoms with van der Waals surface area (Å²) in [4.78, 5) is 8.64. The minimum absolute atomic E-state index is 0.0176. The molecule has 1 unspecified atom stereocenters. The number of aromatic nitrogens is 3. The van der Waals surface area contributed by atoms with Gasteiger partial charge in [0.2, 0.25) is 0 Å². The maximum atomic E-state index is 5.41. The Bertz CT molecular complexity index is 675. The number of imidazole rings is 1. The first kappa shape index (κ1) is 11.5. The SMILES string of the molecule is CC(Nc1nc(NN)cn2ccnc12)c1ccco1. The lowest BCUT2D eigenvalue weighted by Gasteiger charge is -2.13. The topological polar surface area (TPSA) is 93.4 Å². The van der Waals surface area contributed by atoms with E-state index in [2.05, 4.69) is 20.7 Å². The molecule has 0 radical (unpaired) electrons. The van der Waals surface area contributed by atoms with Gasteiger partial charge in [0.25, 0.3) is 0 Å². The first-order valence-corrected chi connectivity index (χ1v) is 5.88. The number of hydrazine groups is 1. The highest BCUT2D eigenvalue weighted by atomic mass is 16.3. The molecule has 3 aromatic rings. The van der Waals surface area contributed by atoms with Crippen LogP contribution < -0.4 is 16.6 Å².